The summed E-state index contributed by atoms with van der Waals surface area (Å²) in [5, 5.41) is 8.77. The lowest BCUT2D eigenvalue weighted by Crippen LogP contribution is -2.48. The number of benzene rings is 1. The summed E-state index contributed by atoms with van der Waals surface area (Å²) >= 11 is 0. The van der Waals surface area contributed by atoms with Crippen LogP contribution in [0.2, 0.25) is 0 Å². The maximum atomic E-state index is 12.1. The van der Waals surface area contributed by atoms with Gasteiger partial charge in [0, 0.05) is 19.1 Å². The molecule has 0 spiro atoms. The molecule has 154 valence electrons. The molecule has 0 aliphatic rings. The average Bonchev–Trinajstić information content (AvgIpc) is 2.53. The lowest BCUT2D eigenvalue weighted by atomic mass is 10.1. The lowest BCUT2D eigenvalue weighted by Gasteiger charge is -2.21. The van der Waals surface area contributed by atoms with E-state index in [9.17, 15) is 13.2 Å². The first-order valence-electron chi connectivity index (χ1n) is 8.61. The van der Waals surface area contributed by atoms with Gasteiger partial charge in [0.2, 0.25) is 5.91 Å². The van der Waals surface area contributed by atoms with Gasteiger partial charge in [-0.25, -0.2) is 8.42 Å². The van der Waals surface area contributed by atoms with Gasteiger partial charge in [-0.2, -0.15) is 0 Å². The number of sulfone groups is 1. The Kier molecular flexibility index (Phi) is 11.6. The number of amides is 1. The molecular weight excluding hydrogens is 479 g/mol. The van der Waals surface area contributed by atoms with Crippen molar-refractivity contribution in [3.05, 3.63) is 35.9 Å². The van der Waals surface area contributed by atoms with Crippen molar-refractivity contribution in [1.29, 1.82) is 0 Å². The van der Waals surface area contributed by atoms with Gasteiger partial charge in [-0.05, 0) is 32.8 Å². The van der Waals surface area contributed by atoms with E-state index in [1.54, 1.807) is 7.05 Å². The van der Waals surface area contributed by atoms with Crippen molar-refractivity contribution in [1.82, 2.24) is 16.0 Å². The molecule has 9 heteroatoms. The summed E-state index contributed by atoms with van der Waals surface area (Å²) < 4.78 is 24.3. The maximum Gasteiger partial charge on any atom is 0.239 e. The van der Waals surface area contributed by atoms with Crippen molar-refractivity contribution in [2.24, 2.45) is 4.99 Å². The molecule has 0 bridgehead atoms. The van der Waals surface area contributed by atoms with E-state index < -0.39 is 9.84 Å². The zero-order valence-electron chi connectivity index (χ0n) is 16.4. The second kappa shape index (κ2) is 12.2. The van der Waals surface area contributed by atoms with Gasteiger partial charge < -0.3 is 16.0 Å². The van der Waals surface area contributed by atoms with Crippen molar-refractivity contribution < 1.29 is 13.2 Å². The quantitative estimate of drug-likeness (QED) is 0.214. The third kappa shape index (κ3) is 12.6. The highest BCUT2D eigenvalue weighted by atomic mass is 127. The number of hydrogen-bond donors (Lipinski definition) is 3. The fourth-order valence-corrected chi connectivity index (χ4v) is 3.68. The molecule has 0 saturated carbocycles. The molecule has 7 nitrogen and oxygen atoms in total. The molecule has 0 aliphatic carbocycles. The zero-order chi connectivity index (χ0) is 19.6. The second-order valence-corrected chi connectivity index (χ2v) is 9.27. The summed E-state index contributed by atoms with van der Waals surface area (Å²) in [6.45, 7) is 6.29. The number of halogens is 1. The SMILES string of the molecule is CN=C(NCCCS(=O)(=O)Cc1ccccc1)NCC(=O)NC(C)(C)C.I. The summed E-state index contributed by atoms with van der Waals surface area (Å²) in [6.07, 6.45) is 0.462. The molecule has 0 fully saturated rings. The van der Waals surface area contributed by atoms with Crippen LogP contribution in [0.25, 0.3) is 0 Å². The number of nitrogens with zero attached hydrogens (tertiary/aromatic N) is 1. The predicted octanol–water partition coefficient (Wildman–Crippen LogP) is 1.69. The number of guanidine groups is 1. The Morgan fingerprint density at radius 3 is 2.30 bits per heavy atom. The third-order valence-electron chi connectivity index (χ3n) is 3.31. The maximum absolute atomic E-state index is 12.1. The minimum absolute atomic E-state index is 0. The van der Waals surface area contributed by atoms with Gasteiger partial charge in [-0.15, -0.1) is 24.0 Å². The molecule has 27 heavy (non-hydrogen) atoms. The molecular formula is C18H31IN4O3S. The van der Waals surface area contributed by atoms with E-state index in [0.717, 1.165) is 5.56 Å². The smallest absolute Gasteiger partial charge is 0.239 e. The standard InChI is InChI=1S/C18H30N4O3S.HI/c1-18(2,3)22-16(23)13-21-17(19-4)20-11-8-12-26(24,25)14-15-9-6-5-7-10-15;/h5-7,9-10H,8,11-14H2,1-4H3,(H,22,23)(H2,19,20,21);1H. The van der Waals surface area contributed by atoms with E-state index in [4.69, 9.17) is 0 Å². The highest BCUT2D eigenvalue weighted by molar-refractivity contribution is 14.0. The molecule has 1 aromatic carbocycles. The Bertz CT molecular complexity index is 701. The molecule has 0 radical (unpaired) electrons. The van der Waals surface area contributed by atoms with Crippen molar-refractivity contribution in [3.63, 3.8) is 0 Å². The molecule has 3 N–H and O–H groups in total. The lowest BCUT2D eigenvalue weighted by molar-refractivity contribution is -0.121. The number of nitrogens with one attached hydrogen (secondary N) is 3. The largest absolute Gasteiger partial charge is 0.356 e. The Balaban J connectivity index is 0.00000676. The third-order valence-corrected chi connectivity index (χ3v) is 4.99. The monoisotopic (exact) mass is 510 g/mol. The molecule has 0 aliphatic heterocycles. The summed E-state index contributed by atoms with van der Waals surface area (Å²) in [5.74, 6) is 0.477. The Morgan fingerprint density at radius 2 is 1.74 bits per heavy atom. The summed E-state index contributed by atoms with van der Waals surface area (Å²) in [4.78, 5) is 15.8. The molecule has 0 unspecified atom stereocenters. The Morgan fingerprint density at radius 1 is 1.11 bits per heavy atom. The van der Waals surface area contributed by atoms with Crippen molar-refractivity contribution >= 4 is 45.7 Å². The molecule has 1 aromatic rings. The van der Waals surface area contributed by atoms with E-state index in [1.165, 1.54) is 0 Å². The Hall–Kier alpha value is -1.36. The molecule has 1 amide bonds. The van der Waals surface area contributed by atoms with Crippen LogP contribution in [0.3, 0.4) is 0 Å². The van der Waals surface area contributed by atoms with Gasteiger partial charge in [0.25, 0.3) is 0 Å². The van der Waals surface area contributed by atoms with Gasteiger partial charge in [0.15, 0.2) is 15.8 Å². The molecule has 0 aromatic heterocycles. The Labute approximate surface area is 179 Å². The molecule has 1 rings (SSSR count). The van der Waals surface area contributed by atoms with Crippen LogP contribution in [-0.4, -0.2) is 51.7 Å². The number of hydrogen-bond acceptors (Lipinski definition) is 4. The van der Waals surface area contributed by atoms with E-state index in [-0.39, 0.29) is 53.5 Å². The minimum Gasteiger partial charge on any atom is -0.356 e. The summed E-state index contributed by atoms with van der Waals surface area (Å²) in [5.41, 5.74) is 0.505. The highest BCUT2D eigenvalue weighted by Gasteiger charge is 2.14. The van der Waals surface area contributed by atoms with Crippen LogP contribution in [0.1, 0.15) is 32.8 Å². The summed E-state index contributed by atoms with van der Waals surface area (Å²) in [6, 6.07) is 9.14. The van der Waals surface area contributed by atoms with Crippen LogP contribution in [0.15, 0.2) is 35.3 Å². The van der Waals surface area contributed by atoms with Crippen LogP contribution in [0.5, 0.6) is 0 Å². The zero-order valence-corrected chi connectivity index (χ0v) is 19.6. The minimum atomic E-state index is -3.15. The molecule has 0 atom stereocenters. The number of rotatable bonds is 8. The fourth-order valence-electron chi connectivity index (χ4n) is 2.25. The van der Waals surface area contributed by atoms with Crippen LogP contribution >= 0.6 is 24.0 Å². The number of aliphatic imine (C=N–C) groups is 1. The fraction of sp³-hybridized carbons (Fsp3) is 0.556. The van der Waals surface area contributed by atoms with Gasteiger partial charge in [-0.1, -0.05) is 30.3 Å². The van der Waals surface area contributed by atoms with Crippen LogP contribution in [0.4, 0.5) is 0 Å². The average molecular weight is 510 g/mol. The van der Waals surface area contributed by atoms with Crippen LogP contribution < -0.4 is 16.0 Å². The first kappa shape index (κ1) is 25.6. The van der Waals surface area contributed by atoms with Crippen molar-refractivity contribution in [2.45, 2.75) is 38.5 Å². The van der Waals surface area contributed by atoms with E-state index in [1.807, 2.05) is 51.1 Å². The van der Waals surface area contributed by atoms with Gasteiger partial charge in [-0.3, -0.25) is 9.79 Å². The van der Waals surface area contributed by atoms with Crippen molar-refractivity contribution in [3.8, 4) is 0 Å². The van der Waals surface area contributed by atoms with E-state index in [2.05, 4.69) is 20.9 Å². The molecule has 0 heterocycles. The number of carbonyl (C=O) groups excluding carboxylic acids is 1. The van der Waals surface area contributed by atoms with Crippen molar-refractivity contribution in [2.75, 3.05) is 25.9 Å². The van der Waals surface area contributed by atoms with E-state index >= 15 is 0 Å². The van der Waals surface area contributed by atoms with Gasteiger partial charge >= 0.3 is 0 Å². The topological polar surface area (TPSA) is 99.7 Å². The predicted molar refractivity (Wildman–Crippen MR) is 121 cm³/mol. The first-order valence-corrected chi connectivity index (χ1v) is 10.4. The number of carbonyl (C=O) groups is 1. The van der Waals surface area contributed by atoms with Gasteiger partial charge in [0.05, 0.1) is 18.1 Å². The van der Waals surface area contributed by atoms with Crippen LogP contribution in [0, 0.1) is 0 Å². The summed E-state index contributed by atoms with van der Waals surface area (Å²) in [7, 11) is -1.55. The van der Waals surface area contributed by atoms with Crippen LogP contribution in [-0.2, 0) is 20.4 Å². The first-order chi connectivity index (χ1) is 12.1. The highest BCUT2D eigenvalue weighted by Crippen LogP contribution is 2.06. The molecule has 0 saturated heterocycles. The van der Waals surface area contributed by atoms with E-state index in [0.29, 0.717) is 18.9 Å². The normalized spacial score (nSPS) is 12.1. The van der Waals surface area contributed by atoms with Gasteiger partial charge in [0.1, 0.15) is 0 Å². The second-order valence-electron chi connectivity index (χ2n) is 7.08.